The van der Waals surface area contributed by atoms with Crippen LogP contribution in [0.15, 0.2) is 24.5 Å². The van der Waals surface area contributed by atoms with E-state index in [1.165, 1.54) is 73.9 Å². The van der Waals surface area contributed by atoms with Gasteiger partial charge in [-0.05, 0) is 122 Å². The molecule has 0 radical (unpaired) electrons. The van der Waals surface area contributed by atoms with Crippen LogP contribution in [0.4, 0.5) is 0 Å². The summed E-state index contributed by atoms with van der Waals surface area (Å²) >= 11 is 0. The van der Waals surface area contributed by atoms with Gasteiger partial charge in [-0.25, -0.2) is 0 Å². The van der Waals surface area contributed by atoms with Gasteiger partial charge >= 0.3 is 0 Å². The predicted molar refractivity (Wildman–Crippen MR) is 154 cm³/mol. The second-order valence-electron chi connectivity index (χ2n) is 15.0. The summed E-state index contributed by atoms with van der Waals surface area (Å²) in [5.74, 6) is 3.17. The van der Waals surface area contributed by atoms with Crippen LogP contribution in [0.25, 0.3) is 0 Å². The van der Waals surface area contributed by atoms with Gasteiger partial charge in [0.15, 0.2) is 0 Å². The van der Waals surface area contributed by atoms with Gasteiger partial charge in [0, 0.05) is 37.6 Å². The van der Waals surface area contributed by atoms with Crippen LogP contribution in [0.3, 0.4) is 0 Å². The molecular formula is C34H48N4. The van der Waals surface area contributed by atoms with Crippen LogP contribution in [-0.4, -0.2) is 45.9 Å². The van der Waals surface area contributed by atoms with E-state index in [1.54, 1.807) is 11.1 Å². The van der Waals surface area contributed by atoms with E-state index in [1.807, 2.05) is 0 Å². The molecule has 3 saturated carbocycles. The van der Waals surface area contributed by atoms with Gasteiger partial charge in [-0.2, -0.15) is 0 Å². The highest BCUT2D eigenvalue weighted by atomic mass is 15.2. The molecule has 204 valence electrons. The van der Waals surface area contributed by atoms with Crippen LogP contribution in [0.2, 0.25) is 0 Å². The van der Waals surface area contributed by atoms with Crippen molar-refractivity contribution < 1.29 is 0 Å². The first-order valence-electron chi connectivity index (χ1n) is 15.5. The third-order valence-electron chi connectivity index (χ3n) is 12.4. The van der Waals surface area contributed by atoms with Crippen molar-refractivity contribution in [3.8, 4) is 0 Å². The van der Waals surface area contributed by atoms with E-state index in [0.717, 1.165) is 36.8 Å². The molecule has 7 aliphatic carbocycles. The summed E-state index contributed by atoms with van der Waals surface area (Å²) in [6, 6.07) is 6.05. The molecule has 2 aromatic rings. The Balaban J connectivity index is 1.03. The van der Waals surface area contributed by atoms with E-state index >= 15 is 0 Å². The standard InChI is InChI=1S/C34H48N4/c1-33(2)23-11-21-13-25(35-17-27(21)29(33)15-23)19-37(5)31-9-7-8-10-32(31)38(6)20-26-14-22-12-24-16-30(34(24,3)4)28(22)18-36-26/h13-14,17-18,23-24,29-32H,7-12,15-16,19-20H2,1-6H3/t23-,24-,29-,30-,31+,32+/m0/s1. The number of likely N-dealkylation sites (N-methyl/N-ethyl adjacent to an activating group) is 2. The molecule has 0 spiro atoms. The zero-order chi connectivity index (χ0) is 26.4. The van der Waals surface area contributed by atoms with Crippen molar-refractivity contribution in [2.24, 2.45) is 22.7 Å². The smallest absolute Gasteiger partial charge is 0.0546 e. The van der Waals surface area contributed by atoms with E-state index in [0.29, 0.717) is 22.9 Å². The molecule has 4 nitrogen and oxygen atoms in total. The minimum atomic E-state index is 0.469. The minimum absolute atomic E-state index is 0.469. The molecule has 0 aliphatic heterocycles. The van der Waals surface area contributed by atoms with Gasteiger partial charge in [0.25, 0.3) is 0 Å². The van der Waals surface area contributed by atoms with E-state index in [9.17, 15) is 0 Å². The molecule has 9 rings (SSSR count). The molecule has 6 atom stereocenters. The maximum absolute atomic E-state index is 5.00. The molecule has 0 saturated heterocycles. The number of rotatable bonds is 6. The highest BCUT2D eigenvalue weighted by Crippen LogP contribution is 2.63. The van der Waals surface area contributed by atoms with Crippen LogP contribution in [-0.2, 0) is 25.9 Å². The van der Waals surface area contributed by atoms with Crippen LogP contribution in [0.5, 0.6) is 0 Å². The second kappa shape index (κ2) is 8.86. The molecule has 0 unspecified atom stereocenters. The summed E-state index contributed by atoms with van der Waals surface area (Å²) in [6.07, 6.45) is 14.9. The van der Waals surface area contributed by atoms with Gasteiger partial charge in [0.1, 0.15) is 0 Å². The number of hydrogen-bond donors (Lipinski definition) is 0. The van der Waals surface area contributed by atoms with Crippen LogP contribution in [0, 0.1) is 22.7 Å². The topological polar surface area (TPSA) is 32.3 Å². The monoisotopic (exact) mass is 512 g/mol. The molecule has 2 aromatic heterocycles. The largest absolute Gasteiger partial charge is 0.296 e. The zero-order valence-corrected chi connectivity index (χ0v) is 24.6. The summed E-state index contributed by atoms with van der Waals surface area (Å²) in [7, 11) is 4.67. The Morgan fingerprint density at radius 1 is 0.711 bits per heavy atom. The summed E-state index contributed by atoms with van der Waals surface area (Å²) in [4.78, 5) is 15.2. The first-order valence-corrected chi connectivity index (χ1v) is 15.5. The maximum Gasteiger partial charge on any atom is 0.0546 e. The summed E-state index contributed by atoms with van der Waals surface area (Å²) in [5, 5.41) is 0. The fourth-order valence-corrected chi connectivity index (χ4v) is 9.45. The van der Waals surface area contributed by atoms with Gasteiger partial charge in [0.05, 0.1) is 11.4 Å². The lowest BCUT2D eigenvalue weighted by Gasteiger charge is -2.57. The Kier molecular flexibility index (Phi) is 5.88. The van der Waals surface area contributed by atoms with E-state index in [4.69, 9.17) is 9.97 Å². The Labute approximate surface area is 230 Å². The van der Waals surface area contributed by atoms with E-state index < -0.39 is 0 Å². The Bertz CT molecular complexity index is 1140. The van der Waals surface area contributed by atoms with Crippen molar-refractivity contribution in [1.82, 2.24) is 19.8 Å². The number of nitrogens with zero attached hydrogens (tertiary/aromatic N) is 4. The van der Waals surface area contributed by atoms with Crippen LogP contribution < -0.4 is 0 Å². The lowest BCUT2D eigenvalue weighted by atomic mass is 9.48. The summed E-state index contributed by atoms with van der Waals surface area (Å²) < 4.78 is 0. The normalized spacial score (nSPS) is 33.8. The molecule has 38 heavy (non-hydrogen) atoms. The summed E-state index contributed by atoms with van der Waals surface area (Å²) in [5.41, 5.74) is 9.70. The molecule has 0 N–H and O–H groups in total. The third-order valence-corrected chi connectivity index (χ3v) is 12.4. The fourth-order valence-electron chi connectivity index (χ4n) is 9.45. The van der Waals surface area contributed by atoms with E-state index in [-0.39, 0.29) is 0 Å². The Hall–Kier alpha value is -1.78. The zero-order valence-electron chi connectivity index (χ0n) is 24.6. The molecule has 0 aromatic carbocycles. The van der Waals surface area contributed by atoms with Crippen LogP contribution >= 0.6 is 0 Å². The Morgan fingerprint density at radius 2 is 1.13 bits per heavy atom. The maximum atomic E-state index is 5.00. The molecule has 4 bridgehead atoms. The predicted octanol–water partition coefficient (Wildman–Crippen LogP) is 6.72. The number of pyridine rings is 2. The summed E-state index contributed by atoms with van der Waals surface area (Å²) in [6.45, 7) is 11.7. The first kappa shape index (κ1) is 25.2. The lowest BCUT2D eigenvalue weighted by Crippen LogP contribution is -2.51. The van der Waals surface area contributed by atoms with Gasteiger partial charge in [-0.15, -0.1) is 0 Å². The first-order chi connectivity index (χ1) is 18.1. The van der Waals surface area contributed by atoms with Crippen molar-refractivity contribution in [1.29, 1.82) is 0 Å². The number of hydrogen-bond acceptors (Lipinski definition) is 4. The molecule has 0 amide bonds. The van der Waals surface area contributed by atoms with Crippen molar-refractivity contribution in [2.75, 3.05) is 14.1 Å². The SMILES string of the molecule is CN(Cc1cc2c(cn1)[C@@H]1C[C@H](C2)C1(C)C)[C@@H]1CCCC[C@H]1N(C)Cc1cc2c(cn1)[C@@H]1C[C@H](C2)C1(C)C. The minimum Gasteiger partial charge on any atom is -0.296 e. The lowest BCUT2D eigenvalue weighted by molar-refractivity contribution is 0.0180. The van der Waals surface area contributed by atoms with Gasteiger partial charge in [-0.1, -0.05) is 40.5 Å². The van der Waals surface area contributed by atoms with Crippen molar-refractivity contribution in [3.63, 3.8) is 0 Å². The molecule has 2 heterocycles. The van der Waals surface area contributed by atoms with Crippen LogP contribution in [0.1, 0.15) is 112 Å². The fraction of sp³-hybridized carbons (Fsp3) is 0.706. The second-order valence-corrected chi connectivity index (χ2v) is 15.0. The average molecular weight is 513 g/mol. The third kappa shape index (κ3) is 3.84. The molecular weight excluding hydrogens is 464 g/mol. The molecule has 3 fully saturated rings. The van der Waals surface area contributed by atoms with Crippen molar-refractivity contribution in [2.45, 2.75) is 116 Å². The quantitative estimate of drug-likeness (QED) is 0.430. The molecule has 4 heteroatoms. The van der Waals surface area contributed by atoms with Crippen molar-refractivity contribution in [3.05, 3.63) is 58.2 Å². The average Bonchev–Trinajstić information content (AvgIpc) is 2.91. The van der Waals surface area contributed by atoms with E-state index in [2.05, 4.69) is 76.1 Å². The van der Waals surface area contributed by atoms with Gasteiger partial charge in [0.2, 0.25) is 0 Å². The number of aromatic nitrogens is 2. The van der Waals surface area contributed by atoms with Gasteiger partial charge in [-0.3, -0.25) is 19.8 Å². The Morgan fingerprint density at radius 3 is 1.53 bits per heavy atom. The highest BCUT2D eigenvalue weighted by molar-refractivity contribution is 5.40. The van der Waals surface area contributed by atoms with Crippen molar-refractivity contribution >= 4 is 0 Å². The van der Waals surface area contributed by atoms with Gasteiger partial charge < -0.3 is 0 Å². The molecule has 7 aliphatic rings. The highest BCUT2D eigenvalue weighted by Gasteiger charge is 2.53.